The molecule has 1 aliphatic carbocycles. The zero-order chi connectivity index (χ0) is 17.7. The number of ether oxygens (including phenoxy) is 1. The number of aromatic nitrogens is 3. The van der Waals surface area contributed by atoms with E-state index >= 15 is 0 Å². The second-order valence-corrected chi connectivity index (χ2v) is 7.14. The lowest BCUT2D eigenvalue weighted by molar-refractivity contribution is -0.162. The van der Waals surface area contributed by atoms with Crippen LogP contribution in [-0.4, -0.2) is 27.8 Å². The topological polar surface area (TPSA) is 87.1 Å². The van der Waals surface area contributed by atoms with Crippen molar-refractivity contribution in [3.05, 3.63) is 42.4 Å². The van der Waals surface area contributed by atoms with Gasteiger partial charge >= 0.3 is 0 Å². The predicted octanol–water partition coefficient (Wildman–Crippen LogP) is 3.70. The van der Waals surface area contributed by atoms with Crippen LogP contribution in [0.5, 0.6) is 0 Å². The Balaban J connectivity index is 0.00000196. The van der Waals surface area contributed by atoms with E-state index in [-0.39, 0.29) is 23.9 Å². The number of pyridine rings is 1. The van der Waals surface area contributed by atoms with Crippen molar-refractivity contribution >= 4 is 23.2 Å². The van der Waals surface area contributed by atoms with Crippen LogP contribution < -0.4 is 5.73 Å². The number of hydrogen-bond acceptors (Lipinski definition) is 6. The van der Waals surface area contributed by atoms with Crippen LogP contribution in [0.25, 0.3) is 22.3 Å². The van der Waals surface area contributed by atoms with Crippen molar-refractivity contribution in [1.82, 2.24) is 15.1 Å². The number of hydrogen-bond donors (Lipinski definition) is 1. The van der Waals surface area contributed by atoms with E-state index in [0.717, 1.165) is 10.8 Å². The van der Waals surface area contributed by atoms with Crippen molar-refractivity contribution in [3.63, 3.8) is 0 Å². The summed E-state index contributed by atoms with van der Waals surface area (Å²) in [6.07, 6.45) is 2.51. The Morgan fingerprint density at radius 3 is 2.77 bits per heavy atom. The first kappa shape index (κ1) is 18.8. The summed E-state index contributed by atoms with van der Waals surface area (Å²) < 4.78 is 11.3. The highest BCUT2D eigenvalue weighted by molar-refractivity contribution is 5.92. The Kier molecular flexibility index (Phi) is 4.77. The summed E-state index contributed by atoms with van der Waals surface area (Å²) in [6.45, 7) is 6.82. The van der Waals surface area contributed by atoms with Gasteiger partial charge in [-0.1, -0.05) is 43.3 Å². The molecule has 2 aromatic heterocycles. The maximum Gasteiger partial charge on any atom is 0.247 e. The Hall–Kier alpha value is -2.02. The summed E-state index contributed by atoms with van der Waals surface area (Å²) >= 11 is 0. The summed E-state index contributed by atoms with van der Waals surface area (Å²) in [5.41, 5.74) is 6.36. The van der Waals surface area contributed by atoms with Crippen molar-refractivity contribution in [1.29, 1.82) is 0 Å². The van der Waals surface area contributed by atoms with E-state index in [2.05, 4.69) is 29.0 Å². The van der Waals surface area contributed by atoms with Gasteiger partial charge in [0.2, 0.25) is 11.7 Å². The number of fused-ring (bicyclic) bond motifs is 1. The third-order valence-corrected chi connectivity index (χ3v) is 5.52. The fourth-order valence-corrected chi connectivity index (χ4v) is 3.60. The van der Waals surface area contributed by atoms with E-state index in [0.29, 0.717) is 30.4 Å². The summed E-state index contributed by atoms with van der Waals surface area (Å²) in [5.74, 6) is 0.908. The SMILES string of the molecule is CCOC1CC(N)(c2nc(-c3nccc4ccccc34)no2)C1(C)C.Cl. The standard InChI is InChI=1S/C19H22N4O2.ClH/c1-4-24-14-11-19(20,18(14,2)3)17-22-16(23-25-17)15-13-8-6-5-7-12(13)9-10-21-15;/h5-10,14H,4,11,20H2,1-3H3;1H. The van der Waals surface area contributed by atoms with Crippen LogP contribution in [0.4, 0.5) is 0 Å². The van der Waals surface area contributed by atoms with Gasteiger partial charge in [0, 0.05) is 30.0 Å². The molecule has 1 aliphatic rings. The maximum atomic E-state index is 6.63. The molecule has 0 saturated heterocycles. The first-order chi connectivity index (χ1) is 12.0. The molecule has 1 saturated carbocycles. The molecule has 2 N–H and O–H groups in total. The average molecular weight is 375 g/mol. The lowest BCUT2D eigenvalue weighted by Crippen LogP contribution is -2.67. The minimum Gasteiger partial charge on any atom is -0.378 e. The van der Waals surface area contributed by atoms with Crippen LogP contribution in [0.1, 0.15) is 33.1 Å². The number of nitrogens with two attached hydrogens (primary N) is 1. The van der Waals surface area contributed by atoms with Crippen LogP contribution in [0.3, 0.4) is 0 Å². The molecule has 3 aromatic rings. The monoisotopic (exact) mass is 374 g/mol. The first-order valence-electron chi connectivity index (χ1n) is 8.56. The van der Waals surface area contributed by atoms with E-state index in [9.17, 15) is 0 Å². The van der Waals surface area contributed by atoms with Crippen molar-refractivity contribution in [2.45, 2.75) is 38.8 Å². The largest absolute Gasteiger partial charge is 0.378 e. The minimum atomic E-state index is -0.692. The summed E-state index contributed by atoms with van der Waals surface area (Å²) in [6, 6.07) is 9.97. The summed E-state index contributed by atoms with van der Waals surface area (Å²) in [5, 5.41) is 6.23. The number of nitrogens with zero attached hydrogens (tertiary/aromatic N) is 3. The number of rotatable bonds is 4. The van der Waals surface area contributed by atoms with E-state index in [1.165, 1.54) is 0 Å². The van der Waals surface area contributed by atoms with Gasteiger partial charge in [0.05, 0.1) is 6.10 Å². The van der Waals surface area contributed by atoms with Crippen LogP contribution in [-0.2, 0) is 10.3 Å². The van der Waals surface area contributed by atoms with Gasteiger partial charge in [-0.15, -0.1) is 12.4 Å². The molecule has 0 aliphatic heterocycles. The second-order valence-electron chi connectivity index (χ2n) is 7.14. The van der Waals surface area contributed by atoms with Crippen LogP contribution in [0.15, 0.2) is 41.1 Å². The quantitative estimate of drug-likeness (QED) is 0.749. The molecule has 2 atom stereocenters. The molecule has 138 valence electrons. The fraction of sp³-hybridized carbons (Fsp3) is 0.421. The highest BCUT2D eigenvalue weighted by atomic mass is 35.5. The van der Waals surface area contributed by atoms with Gasteiger partial charge in [0.15, 0.2) is 0 Å². The molecule has 6 nitrogen and oxygen atoms in total. The van der Waals surface area contributed by atoms with Gasteiger partial charge < -0.3 is 15.0 Å². The molecular formula is C19H23ClN4O2. The van der Waals surface area contributed by atoms with E-state index in [4.69, 9.17) is 15.0 Å². The first-order valence-corrected chi connectivity index (χ1v) is 8.56. The summed E-state index contributed by atoms with van der Waals surface area (Å²) in [4.78, 5) is 9.04. The second kappa shape index (κ2) is 6.61. The molecule has 7 heteroatoms. The van der Waals surface area contributed by atoms with E-state index in [1.54, 1.807) is 6.20 Å². The molecule has 0 spiro atoms. The zero-order valence-corrected chi connectivity index (χ0v) is 15.9. The van der Waals surface area contributed by atoms with Crippen molar-refractivity contribution in [3.8, 4) is 11.5 Å². The smallest absolute Gasteiger partial charge is 0.247 e. The molecule has 1 aromatic carbocycles. The highest BCUT2D eigenvalue weighted by Crippen LogP contribution is 2.55. The van der Waals surface area contributed by atoms with Gasteiger partial charge in [0.25, 0.3) is 0 Å². The van der Waals surface area contributed by atoms with Crippen molar-refractivity contribution < 1.29 is 9.26 Å². The average Bonchev–Trinajstić information content (AvgIpc) is 3.11. The van der Waals surface area contributed by atoms with Gasteiger partial charge in [-0.05, 0) is 18.4 Å². The Morgan fingerprint density at radius 2 is 2.04 bits per heavy atom. The maximum absolute atomic E-state index is 6.63. The molecule has 0 radical (unpaired) electrons. The molecule has 0 bridgehead atoms. The summed E-state index contributed by atoms with van der Waals surface area (Å²) in [7, 11) is 0. The zero-order valence-electron chi connectivity index (χ0n) is 15.1. The Morgan fingerprint density at radius 1 is 1.27 bits per heavy atom. The van der Waals surface area contributed by atoms with Gasteiger partial charge in [-0.3, -0.25) is 4.98 Å². The van der Waals surface area contributed by atoms with Gasteiger partial charge in [-0.2, -0.15) is 4.98 Å². The lowest BCUT2D eigenvalue weighted by atomic mass is 9.54. The van der Waals surface area contributed by atoms with Crippen molar-refractivity contribution in [2.24, 2.45) is 11.1 Å². The number of benzene rings is 1. The minimum absolute atomic E-state index is 0. The molecule has 2 heterocycles. The number of halogens is 1. The molecule has 26 heavy (non-hydrogen) atoms. The Bertz CT molecular complexity index is 921. The predicted molar refractivity (Wildman–Crippen MR) is 102 cm³/mol. The van der Waals surface area contributed by atoms with Crippen LogP contribution in [0, 0.1) is 5.41 Å². The third-order valence-electron chi connectivity index (χ3n) is 5.52. The third kappa shape index (κ3) is 2.60. The van der Waals surface area contributed by atoms with Gasteiger partial charge in [0.1, 0.15) is 11.2 Å². The molecular weight excluding hydrogens is 352 g/mol. The van der Waals surface area contributed by atoms with Gasteiger partial charge in [-0.25, -0.2) is 0 Å². The molecule has 4 rings (SSSR count). The molecule has 1 fully saturated rings. The van der Waals surface area contributed by atoms with E-state index < -0.39 is 5.54 Å². The normalized spacial score (nSPS) is 24.1. The Labute approximate surface area is 158 Å². The van der Waals surface area contributed by atoms with Crippen LogP contribution >= 0.6 is 12.4 Å². The molecule has 2 unspecified atom stereocenters. The van der Waals surface area contributed by atoms with Crippen molar-refractivity contribution in [2.75, 3.05) is 6.61 Å². The highest BCUT2D eigenvalue weighted by Gasteiger charge is 2.62. The van der Waals surface area contributed by atoms with Crippen LogP contribution in [0.2, 0.25) is 0 Å². The fourth-order valence-electron chi connectivity index (χ4n) is 3.60. The van der Waals surface area contributed by atoms with E-state index in [1.807, 2.05) is 37.3 Å². The molecule has 0 amide bonds. The lowest BCUT2D eigenvalue weighted by Gasteiger charge is -2.56.